The van der Waals surface area contributed by atoms with Crippen LogP contribution in [-0.4, -0.2) is 121 Å². The summed E-state index contributed by atoms with van der Waals surface area (Å²) in [4.78, 5) is 132. The minimum absolute atomic E-state index is 0.00190. The van der Waals surface area contributed by atoms with E-state index in [1.54, 1.807) is 44.2 Å². The molecule has 3 heterocycles. The van der Waals surface area contributed by atoms with Gasteiger partial charge in [-0.2, -0.15) is 0 Å². The number of amides is 8. The normalized spacial score (nSPS) is 16.9. The maximum Gasteiger partial charge on any atom is 0.329 e. The van der Waals surface area contributed by atoms with E-state index in [2.05, 4.69) is 21.3 Å². The largest absolute Gasteiger partial charge is 0.493 e. The number of hydrogen-bond donors (Lipinski definition) is 4. The molecule has 2 fully saturated rings. The van der Waals surface area contributed by atoms with Crippen molar-refractivity contribution in [2.75, 3.05) is 45.8 Å². The van der Waals surface area contributed by atoms with E-state index in [-0.39, 0.29) is 74.5 Å². The first-order chi connectivity index (χ1) is 35.0. The van der Waals surface area contributed by atoms with Gasteiger partial charge in [0.05, 0.1) is 25.3 Å². The third-order valence-corrected chi connectivity index (χ3v) is 13.3. The van der Waals surface area contributed by atoms with Gasteiger partial charge in [0.25, 0.3) is 23.6 Å². The standard InChI is InChI=1S/C53H64N6O14/c1-6-53(2,3)47(64)51(68)58-29-12-9-17-37(58)52(69)73-38(22-19-32-20-23-39(70-4)41(30-32)71-5)33-14-7-8-16-35(33)56-43(61)26-25-42(60)54-27-10-11-28-55-45(63)31-72-40-18-13-15-34-46(40)50(67)59(49(34)66)36-21-24-44(62)57-48(36)65/h7-8,13-16,18,20,23,30,36-38H,6,9-12,17,19,21-22,24-29,31H2,1-5H3,(H,54,60)(H,55,63)(H,56,61)(H,57,62,65)/t36?,37-,38+/m0/s1. The first-order valence-electron chi connectivity index (χ1n) is 24.6. The summed E-state index contributed by atoms with van der Waals surface area (Å²) in [6, 6.07) is 14.6. The highest BCUT2D eigenvalue weighted by Gasteiger charge is 2.46. The molecule has 0 spiro atoms. The van der Waals surface area contributed by atoms with Crippen LogP contribution in [0.1, 0.15) is 129 Å². The summed E-state index contributed by atoms with van der Waals surface area (Å²) in [5.41, 5.74) is 0.778. The van der Waals surface area contributed by atoms with Crippen LogP contribution in [0.4, 0.5) is 5.69 Å². The van der Waals surface area contributed by atoms with Crippen molar-refractivity contribution in [1.29, 1.82) is 0 Å². The molecule has 0 aliphatic carbocycles. The second kappa shape index (κ2) is 25.1. The fourth-order valence-corrected chi connectivity index (χ4v) is 8.75. The third kappa shape index (κ3) is 13.7. The zero-order valence-electron chi connectivity index (χ0n) is 41.9. The maximum atomic E-state index is 14.2. The maximum absolute atomic E-state index is 14.2. The van der Waals surface area contributed by atoms with Gasteiger partial charge >= 0.3 is 5.97 Å². The number of imide groups is 2. The Morgan fingerprint density at radius 1 is 0.795 bits per heavy atom. The zero-order valence-corrected chi connectivity index (χ0v) is 41.9. The van der Waals surface area contributed by atoms with E-state index < -0.39 is 83.3 Å². The zero-order chi connectivity index (χ0) is 52.8. The molecule has 20 heteroatoms. The summed E-state index contributed by atoms with van der Waals surface area (Å²) < 4.78 is 22.8. The molecule has 20 nitrogen and oxygen atoms in total. The van der Waals surface area contributed by atoms with E-state index >= 15 is 0 Å². The van der Waals surface area contributed by atoms with Crippen LogP contribution in [0, 0.1) is 5.41 Å². The topological polar surface area (TPSA) is 262 Å². The Morgan fingerprint density at radius 3 is 2.22 bits per heavy atom. The van der Waals surface area contributed by atoms with E-state index in [1.807, 2.05) is 19.1 Å². The van der Waals surface area contributed by atoms with Gasteiger partial charge in [-0.15, -0.1) is 0 Å². The van der Waals surface area contributed by atoms with Crippen LogP contribution in [-0.2, 0) is 49.5 Å². The predicted molar refractivity (Wildman–Crippen MR) is 263 cm³/mol. The number of anilines is 1. The van der Waals surface area contributed by atoms with Crippen LogP contribution in [0.5, 0.6) is 17.2 Å². The number of piperidine rings is 2. The lowest BCUT2D eigenvalue weighted by Crippen LogP contribution is -2.54. The van der Waals surface area contributed by atoms with Crippen molar-refractivity contribution in [3.63, 3.8) is 0 Å². The van der Waals surface area contributed by atoms with Gasteiger partial charge in [-0.25, -0.2) is 4.79 Å². The number of benzene rings is 3. The van der Waals surface area contributed by atoms with Gasteiger partial charge in [0.1, 0.15) is 23.9 Å². The predicted octanol–water partition coefficient (Wildman–Crippen LogP) is 4.52. The fourth-order valence-electron chi connectivity index (χ4n) is 8.75. The van der Waals surface area contributed by atoms with Crippen molar-refractivity contribution in [2.24, 2.45) is 5.41 Å². The average Bonchev–Trinajstić information content (AvgIpc) is 3.64. The number of nitrogens with one attached hydrogen (secondary N) is 4. The number of para-hydroxylation sites is 1. The Morgan fingerprint density at radius 2 is 1.51 bits per heavy atom. The lowest BCUT2D eigenvalue weighted by molar-refractivity contribution is -0.164. The summed E-state index contributed by atoms with van der Waals surface area (Å²) in [5, 5.41) is 10.5. The van der Waals surface area contributed by atoms with Crippen molar-refractivity contribution in [1.82, 2.24) is 25.8 Å². The molecular formula is C53H64N6O14. The number of aryl methyl sites for hydroxylation is 1. The lowest BCUT2D eigenvalue weighted by Gasteiger charge is -2.36. The quantitative estimate of drug-likeness (QED) is 0.0417. The number of carbonyl (C=O) groups excluding carboxylic acids is 10. The summed E-state index contributed by atoms with van der Waals surface area (Å²) in [6.07, 6.45) is 2.52. The minimum Gasteiger partial charge on any atom is -0.493 e. The van der Waals surface area contributed by atoms with Gasteiger partial charge in [0, 0.05) is 55.6 Å². The van der Waals surface area contributed by atoms with Gasteiger partial charge in [-0.05, 0) is 93.7 Å². The van der Waals surface area contributed by atoms with E-state index in [1.165, 1.54) is 37.3 Å². The van der Waals surface area contributed by atoms with Crippen molar-refractivity contribution < 1.29 is 66.9 Å². The van der Waals surface area contributed by atoms with Gasteiger partial charge < -0.3 is 39.8 Å². The molecule has 2 saturated heterocycles. The smallest absolute Gasteiger partial charge is 0.329 e. The minimum atomic E-state index is -1.15. The lowest BCUT2D eigenvalue weighted by atomic mass is 9.84. The molecule has 8 amide bonds. The molecule has 6 rings (SSSR count). The molecule has 0 aromatic heterocycles. The van der Waals surface area contributed by atoms with Crippen LogP contribution < -0.4 is 35.5 Å². The van der Waals surface area contributed by atoms with Crippen LogP contribution in [0.25, 0.3) is 0 Å². The molecule has 3 atom stereocenters. The highest BCUT2D eigenvalue weighted by molar-refractivity contribution is 6.38. The van der Waals surface area contributed by atoms with Crippen molar-refractivity contribution in [3.8, 4) is 17.2 Å². The SMILES string of the molecule is CCC(C)(C)C(=O)C(=O)N1CCCC[C@H]1C(=O)O[C@H](CCc1ccc(OC)c(OC)c1)c1ccccc1NC(=O)CCC(=O)NCCCCNC(=O)COc1cccc2c1C(=O)N(C1CCC(=O)NC1=O)C2=O. The molecule has 0 radical (unpaired) electrons. The monoisotopic (exact) mass is 1010 g/mol. The van der Waals surface area contributed by atoms with Crippen molar-refractivity contribution in [2.45, 2.75) is 116 Å². The van der Waals surface area contributed by atoms with Crippen LogP contribution in [0.2, 0.25) is 0 Å². The number of ether oxygens (including phenoxy) is 4. The van der Waals surface area contributed by atoms with Gasteiger partial charge in [-0.1, -0.05) is 51.1 Å². The highest BCUT2D eigenvalue weighted by Crippen LogP contribution is 2.36. The van der Waals surface area contributed by atoms with Crippen LogP contribution in [0.3, 0.4) is 0 Å². The van der Waals surface area contributed by atoms with Gasteiger partial charge in [0.15, 0.2) is 18.1 Å². The number of likely N-dealkylation sites (tertiary alicyclic amines) is 1. The molecule has 3 aromatic carbocycles. The second-order valence-corrected chi connectivity index (χ2v) is 18.7. The number of Topliss-reactive ketones (excluding diaryl/α,β-unsaturated/α-hetero) is 1. The molecule has 1 unspecified atom stereocenters. The van der Waals surface area contributed by atoms with Gasteiger partial charge in [0.2, 0.25) is 29.4 Å². The van der Waals surface area contributed by atoms with E-state index in [9.17, 15) is 47.9 Å². The molecule has 3 aliphatic rings. The fraction of sp³-hybridized carbons (Fsp3) is 0.472. The Hall–Kier alpha value is -7.64. The van der Waals surface area contributed by atoms with Gasteiger partial charge in [-0.3, -0.25) is 53.4 Å². The number of nitrogens with zero attached hydrogens (tertiary/aromatic N) is 2. The summed E-state index contributed by atoms with van der Waals surface area (Å²) >= 11 is 0. The number of hydrogen-bond acceptors (Lipinski definition) is 14. The Labute approximate surface area is 423 Å². The van der Waals surface area contributed by atoms with Crippen molar-refractivity contribution >= 4 is 64.7 Å². The summed E-state index contributed by atoms with van der Waals surface area (Å²) in [6.45, 7) is 5.54. The van der Waals surface area contributed by atoms with E-state index in [0.29, 0.717) is 67.7 Å². The van der Waals surface area contributed by atoms with Crippen molar-refractivity contribution in [3.05, 3.63) is 82.9 Å². The van der Waals surface area contributed by atoms with Crippen LogP contribution in [0.15, 0.2) is 60.7 Å². The molecule has 73 heavy (non-hydrogen) atoms. The summed E-state index contributed by atoms with van der Waals surface area (Å²) in [7, 11) is 3.07. The number of carbonyl (C=O) groups is 10. The second-order valence-electron chi connectivity index (χ2n) is 18.7. The van der Waals surface area contributed by atoms with Crippen LogP contribution >= 0.6 is 0 Å². The molecule has 4 N–H and O–H groups in total. The van der Waals surface area contributed by atoms with E-state index in [0.717, 1.165) is 10.5 Å². The Bertz CT molecular complexity index is 2610. The Kier molecular flexibility index (Phi) is 18.8. The first-order valence-corrected chi connectivity index (χ1v) is 24.6. The number of rotatable bonds is 24. The molecule has 390 valence electrons. The highest BCUT2D eigenvalue weighted by atomic mass is 16.5. The number of fused-ring (bicyclic) bond motifs is 1. The number of esters is 1. The number of ketones is 1. The molecule has 0 saturated carbocycles. The molecule has 3 aliphatic heterocycles. The van der Waals surface area contributed by atoms with E-state index in [4.69, 9.17) is 18.9 Å². The average molecular weight is 1010 g/mol. The first kappa shape index (κ1) is 54.7. The third-order valence-electron chi connectivity index (χ3n) is 13.3. The number of unbranched alkanes of at least 4 members (excludes halogenated alkanes) is 1. The molecule has 0 bridgehead atoms. The molecule has 3 aromatic rings. The Balaban J connectivity index is 0.980. The number of methoxy groups -OCH3 is 2. The summed E-state index contributed by atoms with van der Waals surface area (Å²) in [5.74, 6) is -4.87. The molecular weight excluding hydrogens is 945 g/mol.